The largest absolute Gasteiger partial charge is 0.311 e. The Labute approximate surface area is 108 Å². The van der Waals surface area contributed by atoms with E-state index in [-0.39, 0.29) is 5.92 Å². The van der Waals surface area contributed by atoms with Crippen LogP contribution in [0.2, 0.25) is 0 Å². The molecule has 0 spiro atoms. The number of amides is 1. The lowest BCUT2D eigenvalue weighted by atomic mass is 9.79. The van der Waals surface area contributed by atoms with Gasteiger partial charge in [0.15, 0.2) is 0 Å². The van der Waals surface area contributed by atoms with Crippen molar-refractivity contribution in [3.8, 4) is 0 Å². The summed E-state index contributed by atoms with van der Waals surface area (Å²) in [6.07, 6.45) is 2.35. The second-order valence-corrected chi connectivity index (χ2v) is 5.53. The van der Waals surface area contributed by atoms with E-state index in [0.717, 1.165) is 25.3 Å². The highest BCUT2D eigenvalue weighted by Crippen LogP contribution is 2.35. The number of piperidine rings is 1. The van der Waals surface area contributed by atoms with Gasteiger partial charge in [0.2, 0.25) is 5.91 Å². The van der Waals surface area contributed by atoms with Gasteiger partial charge in [-0.25, -0.2) is 0 Å². The Bertz CT molecular complexity index is 423. The molecule has 2 aliphatic rings. The molecule has 0 aliphatic carbocycles. The first kappa shape index (κ1) is 11.7. The summed E-state index contributed by atoms with van der Waals surface area (Å²) in [5, 5.41) is 0. The van der Waals surface area contributed by atoms with Crippen molar-refractivity contribution in [1.82, 2.24) is 4.90 Å². The normalized spacial score (nSPS) is 26.2. The summed E-state index contributed by atoms with van der Waals surface area (Å²) in [6, 6.07) is 10.0. The smallest absolute Gasteiger partial charge is 0.232 e. The minimum absolute atomic E-state index is 0.277. The molecule has 0 radical (unpaired) electrons. The minimum atomic E-state index is 0.277. The molecule has 96 valence electrons. The number of carbonyl (C=O) groups is 1. The van der Waals surface area contributed by atoms with Gasteiger partial charge in [-0.15, -0.1) is 0 Å². The molecule has 2 saturated heterocycles. The van der Waals surface area contributed by atoms with E-state index in [1.54, 1.807) is 0 Å². The summed E-state index contributed by atoms with van der Waals surface area (Å²) in [6.45, 7) is 3.19. The number of β-lactam (4-membered cyclic amide) rings is 1. The SMILES string of the molecule is CN1CCC(C2CN(c3ccccc3)C2=O)CC1. The molecule has 2 aliphatic heterocycles. The maximum absolute atomic E-state index is 12.3. The van der Waals surface area contributed by atoms with Crippen molar-refractivity contribution in [3.63, 3.8) is 0 Å². The number of anilines is 1. The number of likely N-dealkylation sites (tertiary alicyclic amines) is 1. The molecule has 0 aromatic heterocycles. The van der Waals surface area contributed by atoms with Gasteiger partial charge in [-0.05, 0) is 51.0 Å². The molecule has 0 N–H and O–H groups in total. The van der Waals surface area contributed by atoms with Gasteiger partial charge in [-0.3, -0.25) is 4.79 Å². The van der Waals surface area contributed by atoms with Crippen LogP contribution in [0.3, 0.4) is 0 Å². The third-order valence-electron chi connectivity index (χ3n) is 4.36. The number of benzene rings is 1. The Kier molecular flexibility index (Phi) is 3.08. The molecular formula is C15H20N2O. The first-order valence-electron chi connectivity index (χ1n) is 6.80. The molecule has 2 fully saturated rings. The third kappa shape index (κ3) is 2.03. The summed E-state index contributed by atoms with van der Waals surface area (Å²) >= 11 is 0. The predicted molar refractivity (Wildman–Crippen MR) is 72.5 cm³/mol. The van der Waals surface area contributed by atoms with Crippen molar-refractivity contribution in [1.29, 1.82) is 0 Å². The predicted octanol–water partition coefficient (Wildman–Crippen LogP) is 1.99. The number of rotatable bonds is 2. The van der Waals surface area contributed by atoms with E-state index >= 15 is 0 Å². The molecular weight excluding hydrogens is 224 g/mol. The molecule has 1 amide bonds. The molecule has 3 rings (SSSR count). The number of carbonyl (C=O) groups excluding carboxylic acids is 1. The zero-order chi connectivity index (χ0) is 12.5. The Hall–Kier alpha value is -1.35. The molecule has 0 bridgehead atoms. The number of nitrogens with zero attached hydrogens (tertiary/aromatic N) is 2. The maximum Gasteiger partial charge on any atom is 0.232 e. The van der Waals surface area contributed by atoms with Gasteiger partial charge < -0.3 is 9.80 Å². The molecule has 18 heavy (non-hydrogen) atoms. The zero-order valence-electron chi connectivity index (χ0n) is 10.9. The van der Waals surface area contributed by atoms with E-state index in [9.17, 15) is 4.79 Å². The van der Waals surface area contributed by atoms with Crippen molar-refractivity contribution in [2.75, 3.05) is 31.6 Å². The molecule has 1 unspecified atom stereocenters. The van der Waals surface area contributed by atoms with Gasteiger partial charge in [0.1, 0.15) is 0 Å². The van der Waals surface area contributed by atoms with E-state index in [1.807, 2.05) is 35.2 Å². The van der Waals surface area contributed by atoms with Crippen LogP contribution in [-0.4, -0.2) is 37.5 Å². The van der Waals surface area contributed by atoms with Crippen molar-refractivity contribution in [2.45, 2.75) is 12.8 Å². The first-order valence-corrected chi connectivity index (χ1v) is 6.80. The monoisotopic (exact) mass is 244 g/mol. The Morgan fingerprint density at radius 2 is 1.78 bits per heavy atom. The minimum Gasteiger partial charge on any atom is -0.311 e. The zero-order valence-corrected chi connectivity index (χ0v) is 10.9. The van der Waals surface area contributed by atoms with Crippen LogP contribution >= 0.6 is 0 Å². The average molecular weight is 244 g/mol. The maximum atomic E-state index is 12.3. The Balaban J connectivity index is 1.62. The van der Waals surface area contributed by atoms with Gasteiger partial charge in [-0.2, -0.15) is 0 Å². The van der Waals surface area contributed by atoms with Crippen molar-refractivity contribution >= 4 is 11.6 Å². The van der Waals surface area contributed by atoms with Crippen LogP contribution in [0.1, 0.15) is 12.8 Å². The van der Waals surface area contributed by atoms with E-state index in [1.165, 1.54) is 12.8 Å². The van der Waals surface area contributed by atoms with Gasteiger partial charge >= 0.3 is 0 Å². The Morgan fingerprint density at radius 3 is 2.39 bits per heavy atom. The van der Waals surface area contributed by atoms with Crippen LogP contribution in [-0.2, 0) is 4.79 Å². The van der Waals surface area contributed by atoms with Crippen LogP contribution in [0.25, 0.3) is 0 Å². The second-order valence-electron chi connectivity index (χ2n) is 5.53. The van der Waals surface area contributed by atoms with E-state index in [2.05, 4.69) is 11.9 Å². The quantitative estimate of drug-likeness (QED) is 0.743. The van der Waals surface area contributed by atoms with Gasteiger partial charge in [0, 0.05) is 12.2 Å². The number of hydrogen-bond donors (Lipinski definition) is 0. The van der Waals surface area contributed by atoms with Crippen LogP contribution in [0, 0.1) is 11.8 Å². The van der Waals surface area contributed by atoms with Gasteiger partial charge in [0.25, 0.3) is 0 Å². The molecule has 0 saturated carbocycles. The summed E-state index contributed by atoms with van der Waals surface area (Å²) in [5.74, 6) is 1.21. The fourth-order valence-corrected chi connectivity index (χ4v) is 3.07. The highest BCUT2D eigenvalue weighted by atomic mass is 16.2. The lowest BCUT2D eigenvalue weighted by molar-refractivity contribution is -0.130. The van der Waals surface area contributed by atoms with Crippen LogP contribution in [0.15, 0.2) is 30.3 Å². The van der Waals surface area contributed by atoms with Crippen LogP contribution in [0.5, 0.6) is 0 Å². The molecule has 1 aromatic carbocycles. The van der Waals surface area contributed by atoms with Crippen molar-refractivity contribution in [3.05, 3.63) is 30.3 Å². The van der Waals surface area contributed by atoms with Crippen LogP contribution in [0.4, 0.5) is 5.69 Å². The average Bonchev–Trinajstić information content (AvgIpc) is 2.41. The third-order valence-corrected chi connectivity index (χ3v) is 4.36. The molecule has 1 aromatic rings. The van der Waals surface area contributed by atoms with Crippen molar-refractivity contribution in [2.24, 2.45) is 11.8 Å². The van der Waals surface area contributed by atoms with Gasteiger partial charge in [-0.1, -0.05) is 18.2 Å². The van der Waals surface area contributed by atoms with E-state index in [0.29, 0.717) is 11.8 Å². The molecule has 3 nitrogen and oxygen atoms in total. The fraction of sp³-hybridized carbons (Fsp3) is 0.533. The van der Waals surface area contributed by atoms with Crippen LogP contribution < -0.4 is 4.90 Å². The second kappa shape index (κ2) is 4.73. The lowest BCUT2D eigenvalue weighted by Gasteiger charge is -2.44. The van der Waals surface area contributed by atoms with E-state index < -0.39 is 0 Å². The van der Waals surface area contributed by atoms with Gasteiger partial charge in [0.05, 0.1) is 5.92 Å². The first-order chi connectivity index (χ1) is 8.75. The van der Waals surface area contributed by atoms with E-state index in [4.69, 9.17) is 0 Å². The Morgan fingerprint density at radius 1 is 1.11 bits per heavy atom. The highest BCUT2D eigenvalue weighted by Gasteiger charge is 2.42. The lowest BCUT2D eigenvalue weighted by Crippen LogP contribution is -2.56. The standard InChI is InChI=1S/C15H20N2O/c1-16-9-7-12(8-10-16)14-11-17(15(14)18)13-5-3-2-4-6-13/h2-6,12,14H,7-11H2,1H3. The summed E-state index contributed by atoms with van der Waals surface area (Å²) in [4.78, 5) is 16.5. The number of hydrogen-bond acceptors (Lipinski definition) is 2. The summed E-state index contributed by atoms with van der Waals surface area (Å²) < 4.78 is 0. The molecule has 2 heterocycles. The van der Waals surface area contributed by atoms with Crippen molar-refractivity contribution < 1.29 is 4.79 Å². The number of para-hydroxylation sites is 1. The molecule has 3 heteroatoms. The highest BCUT2D eigenvalue weighted by molar-refractivity contribution is 6.01. The summed E-state index contributed by atoms with van der Waals surface area (Å²) in [7, 11) is 2.16. The topological polar surface area (TPSA) is 23.6 Å². The fourth-order valence-electron chi connectivity index (χ4n) is 3.07. The summed E-state index contributed by atoms with van der Waals surface area (Å²) in [5.41, 5.74) is 1.05. The molecule has 1 atom stereocenters.